The van der Waals surface area contributed by atoms with Gasteiger partial charge in [-0.2, -0.15) is 0 Å². The molecule has 0 bridgehead atoms. The van der Waals surface area contributed by atoms with Gasteiger partial charge in [0.25, 0.3) is 0 Å². The predicted molar refractivity (Wildman–Crippen MR) is 102 cm³/mol. The van der Waals surface area contributed by atoms with Crippen molar-refractivity contribution in [2.24, 2.45) is 0 Å². The standard InChI is InChI=1S/C21H21N5/c1-2-18-19(3-1)25-20(15-6-8-22-9-7-15)26-21(18)24-11-14-4-5-16-12-23-13-17(16)10-14/h4-10,23H,1-3,11-13H2,(H,24,25,26). The molecule has 1 aromatic carbocycles. The van der Waals surface area contributed by atoms with Crippen LogP contribution in [-0.4, -0.2) is 15.0 Å². The van der Waals surface area contributed by atoms with E-state index in [1.807, 2.05) is 12.1 Å². The summed E-state index contributed by atoms with van der Waals surface area (Å²) in [6.45, 7) is 2.74. The summed E-state index contributed by atoms with van der Waals surface area (Å²) in [5.74, 6) is 1.77. The molecule has 5 heteroatoms. The van der Waals surface area contributed by atoms with Crippen molar-refractivity contribution in [3.05, 3.63) is 70.7 Å². The fraction of sp³-hybridized carbons (Fsp3) is 0.286. The Labute approximate surface area is 152 Å². The van der Waals surface area contributed by atoms with Crippen LogP contribution in [0.1, 0.15) is 34.4 Å². The van der Waals surface area contributed by atoms with Crippen LogP contribution in [0.25, 0.3) is 11.4 Å². The van der Waals surface area contributed by atoms with Crippen molar-refractivity contribution in [2.45, 2.75) is 38.9 Å². The highest BCUT2D eigenvalue weighted by Crippen LogP contribution is 2.29. The lowest BCUT2D eigenvalue weighted by Gasteiger charge is -2.13. The molecule has 0 atom stereocenters. The molecule has 0 saturated heterocycles. The van der Waals surface area contributed by atoms with Gasteiger partial charge >= 0.3 is 0 Å². The molecule has 0 spiro atoms. The van der Waals surface area contributed by atoms with Crippen molar-refractivity contribution in [2.75, 3.05) is 5.32 Å². The molecule has 26 heavy (non-hydrogen) atoms. The molecule has 0 radical (unpaired) electrons. The number of nitrogens with zero attached hydrogens (tertiary/aromatic N) is 3. The van der Waals surface area contributed by atoms with Gasteiger partial charge < -0.3 is 10.6 Å². The molecule has 5 nitrogen and oxygen atoms in total. The fourth-order valence-electron chi connectivity index (χ4n) is 3.85. The maximum atomic E-state index is 4.84. The van der Waals surface area contributed by atoms with E-state index in [9.17, 15) is 0 Å². The number of aryl methyl sites for hydroxylation is 1. The van der Waals surface area contributed by atoms with Crippen LogP contribution in [0.4, 0.5) is 5.82 Å². The van der Waals surface area contributed by atoms with Gasteiger partial charge in [0.05, 0.1) is 0 Å². The van der Waals surface area contributed by atoms with E-state index in [2.05, 4.69) is 33.8 Å². The van der Waals surface area contributed by atoms with Gasteiger partial charge in [-0.1, -0.05) is 18.2 Å². The van der Waals surface area contributed by atoms with Crippen molar-refractivity contribution in [1.29, 1.82) is 0 Å². The molecule has 2 aromatic heterocycles. The molecular weight excluding hydrogens is 322 g/mol. The van der Waals surface area contributed by atoms with Crippen molar-refractivity contribution < 1.29 is 0 Å². The summed E-state index contributed by atoms with van der Waals surface area (Å²) in [5, 5.41) is 6.98. The van der Waals surface area contributed by atoms with Crippen LogP contribution >= 0.6 is 0 Å². The van der Waals surface area contributed by atoms with E-state index in [0.717, 1.165) is 56.1 Å². The zero-order chi connectivity index (χ0) is 17.3. The van der Waals surface area contributed by atoms with E-state index in [-0.39, 0.29) is 0 Å². The first kappa shape index (κ1) is 15.5. The van der Waals surface area contributed by atoms with E-state index in [4.69, 9.17) is 9.97 Å². The Hall–Kier alpha value is -2.79. The SMILES string of the molecule is c1cc(-c2nc3c(c(NCc4ccc5c(c4)CNC5)n2)CCC3)ccn1. The molecule has 3 heterocycles. The van der Waals surface area contributed by atoms with E-state index < -0.39 is 0 Å². The zero-order valence-electron chi connectivity index (χ0n) is 14.6. The number of benzene rings is 1. The van der Waals surface area contributed by atoms with E-state index >= 15 is 0 Å². The first-order valence-corrected chi connectivity index (χ1v) is 9.22. The Bertz CT molecular complexity index is 952. The Morgan fingerprint density at radius 3 is 2.77 bits per heavy atom. The summed E-state index contributed by atoms with van der Waals surface area (Å²) >= 11 is 0. The van der Waals surface area contributed by atoms with Gasteiger partial charge in [-0.3, -0.25) is 4.98 Å². The normalized spacial score (nSPS) is 14.9. The Morgan fingerprint density at radius 2 is 1.85 bits per heavy atom. The van der Waals surface area contributed by atoms with Crippen molar-refractivity contribution in [3.8, 4) is 11.4 Å². The molecule has 0 unspecified atom stereocenters. The monoisotopic (exact) mass is 343 g/mol. The van der Waals surface area contributed by atoms with E-state index in [1.165, 1.54) is 27.9 Å². The number of nitrogens with one attached hydrogen (secondary N) is 2. The summed E-state index contributed by atoms with van der Waals surface area (Å²) < 4.78 is 0. The highest BCUT2D eigenvalue weighted by atomic mass is 15.0. The zero-order valence-corrected chi connectivity index (χ0v) is 14.6. The first-order valence-electron chi connectivity index (χ1n) is 9.22. The summed E-state index contributed by atoms with van der Waals surface area (Å²) in [5.41, 5.74) is 7.61. The predicted octanol–water partition coefficient (Wildman–Crippen LogP) is 3.24. The summed E-state index contributed by atoms with van der Waals surface area (Å²) in [7, 11) is 0. The molecular formula is C21H21N5. The van der Waals surface area contributed by atoms with Gasteiger partial charge in [0.2, 0.25) is 0 Å². The lowest BCUT2D eigenvalue weighted by Crippen LogP contribution is -2.08. The second kappa shape index (κ2) is 6.50. The van der Waals surface area contributed by atoms with Crippen LogP contribution in [0.2, 0.25) is 0 Å². The Balaban J connectivity index is 1.44. The van der Waals surface area contributed by atoms with Gasteiger partial charge in [-0.15, -0.1) is 0 Å². The van der Waals surface area contributed by atoms with Crippen molar-refractivity contribution in [1.82, 2.24) is 20.3 Å². The molecule has 0 amide bonds. The minimum absolute atomic E-state index is 0.784. The van der Waals surface area contributed by atoms with Crippen LogP contribution in [0.3, 0.4) is 0 Å². The topological polar surface area (TPSA) is 62.7 Å². The minimum Gasteiger partial charge on any atom is -0.366 e. The number of aromatic nitrogens is 3. The molecule has 2 aliphatic rings. The fourth-order valence-corrected chi connectivity index (χ4v) is 3.85. The third-order valence-corrected chi connectivity index (χ3v) is 5.23. The number of fused-ring (bicyclic) bond motifs is 2. The van der Waals surface area contributed by atoms with Gasteiger partial charge in [0.15, 0.2) is 5.82 Å². The summed E-state index contributed by atoms with van der Waals surface area (Å²) in [6.07, 6.45) is 6.83. The first-order chi connectivity index (χ1) is 12.9. The summed E-state index contributed by atoms with van der Waals surface area (Å²) in [4.78, 5) is 13.7. The van der Waals surface area contributed by atoms with Crippen molar-refractivity contribution >= 4 is 5.82 Å². The van der Waals surface area contributed by atoms with Gasteiger partial charge in [0.1, 0.15) is 5.82 Å². The van der Waals surface area contributed by atoms with E-state index in [0.29, 0.717) is 0 Å². The highest BCUT2D eigenvalue weighted by molar-refractivity contribution is 5.60. The molecule has 5 rings (SSSR count). The lowest BCUT2D eigenvalue weighted by atomic mass is 10.1. The highest BCUT2D eigenvalue weighted by Gasteiger charge is 2.20. The lowest BCUT2D eigenvalue weighted by molar-refractivity contribution is 0.764. The van der Waals surface area contributed by atoms with E-state index in [1.54, 1.807) is 12.4 Å². The Kier molecular flexibility index (Phi) is 3.87. The maximum Gasteiger partial charge on any atom is 0.161 e. The molecule has 1 aliphatic heterocycles. The molecule has 2 N–H and O–H groups in total. The number of rotatable bonds is 4. The van der Waals surface area contributed by atoms with Crippen molar-refractivity contribution in [3.63, 3.8) is 0 Å². The Morgan fingerprint density at radius 1 is 0.962 bits per heavy atom. The van der Waals surface area contributed by atoms with Crippen LogP contribution < -0.4 is 10.6 Å². The molecule has 130 valence electrons. The van der Waals surface area contributed by atoms with Gasteiger partial charge in [-0.25, -0.2) is 9.97 Å². The van der Waals surface area contributed by atoms with Crippen LogP contribution in [0.5, 0.6) is 0 Å². The number of pyridine rings is 1. The largest absolute Gasteiger partial charge is 0.366 e. The smallest absolute Gasteiger partial charge is 0.161 e. The molecule has 1 aliphatic carbocycles. The second-order valence-corrected chi connectivity index (χ2v) is 6.97. The number of hydrogen-bond acceptors (Lipinski definition) is 5. The van der Waals surface area contributed by atoms with Gasteiger partial charge in [0, 0.05) is 48.8 Å². The minimum atomic E-state index is 0.784. The van der Waals surface area contributed by atoms with Gasteiger partial charge in [-0.05, 0) is 48.1 Å². The molecule has 0 saturated carbocycles. The second-order valence-electron chi connectivity index (χ2n) is 6.97. The molecule has 3 aromatic rings. The summed E-state index contributed by atoms with van der Waals surface area (Å²) in [6, 6.07) is 10.7. The number of hydrogen-bond donors (Lipinski definition) is 2. The van der Waals surface area contributed by atoms with Crippen LogP contribution in [0, 0.1) is 0 Å². The van der Waals surface area contributed by atoms with Crippen LogP contribution in [-0.2, 0) is 32.5 Å². The third kappa shape index (κ3) is 2.84. The maximum absolute atomic E-state index is 4.84. The molecule has 0 fully saturated rings. The average Bonchev–Trinajstić information content (AvgIpc) is 3.35. The third-order valence-electron chi connectivity index (χ3n) is 5.23. The number of anilines is 1. The quantitative estimate of drug-likeness (QED) is 0.761. The van der Waals surface area contributed by atoms with Crippen LogP contribution in [0.15, 0.2) is 42.7 Å². The average molecular weight is 343 g/mol.